The molecule has 0 saturated heterocycles. The third-order valence-corrected chi connectivity index (χ3v) is 4.34. The third kappa shape index (κ3) is 3.30. The number of halogens is 1. The van der Waals surface area contributed by atoms with Gasteiger partial charge in [-0.15, -0.1) is 0 Å². The van der Waals surface area contributed by atoms with Gasteiger partial charge in [-0.25, -0.2) is 0 Å². The second-order valence-corrected chi connectivity index (χ2v) is 6.38. The maximum Gasteiger partial charge on any atom is 0.0834 e. The zero-order valence-electron chi connectivity index (χ0n) is 13.2. The molecule has 1 aromatic heterocycles. The summed E-state index contributed by atoms with van der Waals surface area (Å²) < 4.78 is 1.88. The molecule has 2 rings (SSSR count). The Labute approximate surface area is 132 Å². The molecule has 0 spiro atoms. The van der Waals surface area contributed by atoms with Gasteiger partial charge in [0.25, 0.3) is 0 Å². The summed E-state index contributed by atoms with van der Waals surface area (Å²) in [4.78, 5) is 0. The van der Waals surface area contributed by atoms with E-state index >= 15 is 0 Å². The van der Waals surface area contributed by atoms with E-state index in [0.717, 1.165) is 23.7 Å². The fourth-order valence-corrected chi connectivity index (χ4v) is 3.04. The Balaban J connectivity index is 2.45. The average molecular weight is 306 g/mol. The van der Waals surface area contributed by atoms with Gasteiger partial charge in [0, 0.05) is 12.5 Å². The molecule has 0 saturated carbocycles. The number of hydrogen-bond donors (Lipinski definition) is 1. The summed E-state index contributed by atoms with van der Waals surface area (Å²) in [6, 6.07) is 10.7. The van der Waals surface area contributed by atoms with E-state index in [0.29, 0.717) is 0 Å². The van der Waals surface area contributed by atoms with E-state index < -0.39 is 0 Å². The van der Waals surface area contributed by atoms with Crippen molar-refractivity contribution in [2.75, 3.05) is 6.54 Å². The average Bonchev–Trinajstić information content (AvgIpc) is 2.80. The number of rotatable bonds is 6. The lowest BCUT2D eigenvalue weighted by molar-refractivity contribution is 0.332. The first-order valence-electron chi connectivity index (χ1n) is 7.44. The van der Waals surface area contributed by atoms with Crippen LogP contribution in [0.5, 0.6) is 0 Å². The van der Waals surface area contributed by atoms with Crippen LogP contribution in [-0.4, -0.2) is 16.3 Å². The van der Waals surface area contributed by atoms with Crippen LogP contribution >= 0.6 is 11.6 Å². The predicted molar refractivity (Wildman–Crippen MR) is 88.7 cm³/mol. The lowest BCUT2D eigenvalue weighted by Gasteiger charge is -2.36. The molecule has 2 aromatic rings. The molecule has 1 N–H and O–H groups in total. The molecule has 4 heteroatoms. The van der Waals surface area contributed by atoms with Gasteiger partial charge in [-0.3, -0.25) is 4.68 Å². The molecule has 0 radical (unpaired) electrons. The van der Waals surface area contributed by atoms with Crippen molar-refractivity contribution < 1.29 is 0 Å². The maximum atomic E-state index is 6.39. The summed E-state index contributed by atoms with van der Waals surface area (Å²) in [5, 5.41) is 8.66. The zero-order valence-corrected chi connectivity index (χ0v) is 14.0. The topological polar surface area (TPSA) is 29.9 Å². The molecule has 0 aliphatic rings. The van der Waals surface area contributed by atoms with Gasteiger partial charge in [0.1, 0.15) is 0 Å². The summed E-state index contributed by atoms with van der Waals surface area (Å²) in [6.07, 6.45) is 2.80. The molecular formula is C17H24ClN3. The minimum absolute atomic E-state index is 0.0894. The number of nitrogens with zero attached hydrogens (tertiary/aromatic N) is 2. The molecule has 1 unspecified atom stereocenters. The van der Waals surface area contributed by atoms with Gasteiger partial charge in [0.05, 0.1) is 23.0 Å². The van der Waals surface area contributed by atoms with Gasteiger partial charge in [-0.2, -0.15) is 5.10 Å². The Morgan fingerprint density at radius 3 is 2.48 bits per heavy atom. The van der Waals surface area contributed by atoms with Crippen LogP contribution in [-0.2, 0) is 12.5 Å². The molecular weight excluding hydrogens is 282 g/mol. The Kier molecular flexibility index (Phi) is 5.07. The van der Waals surface area contributed by atoms with Gasteiger partial charge in [0.15, 0.2) is 0 Å². The molecule has 3 nitrogen and oxygen atoms in total. The van der Waals surface area contributed by atoms with Crippen LogP contribution in [0.1, 0.15) is 44.5 Å². The second-order valence-electron chi connectivity index (χ2n) is 5.98. The third-order valence-electron chi connectivity index (χ3n) is 4.05. The summed E-state index contributed by atoms with van der Waals surface area (Å²) in [7, 11) is 1.95. The molecule has 1 aromatic carbocycles. The zero-order chi connectivity index (χ0) is 15.5. The molecule has 114 valence electrons. The van der Waals surface area contributed by atoms with Crippen LogP contribution in [0.25, 0.3) is 0 Å². The van der Waals surface area contributed by atoms with Crippen LogP contribution in [0.2, 0.25) is 5.02 Å². The lowest BCUT2D eigenvalue weighted by Crippen LogP contribution is -2.39. The summed E-state index contributed by atoms with van der Waals surface area (Å²) in [5.74, 6) is 0. The Morgan fingerprint density at radius 1 is 1.29 bits per heavy atom. The van der Waals surface area contributed by atoms with E-state index in [1.165, 1.54) is 5.56 Å². The molecule has 0 aliphatic heterocycles. The summed E-state index contributed by atoms with van der Waals surface area (Å²) >= 11 is 6.39. The summed E-state index contributed by atoms with van der Waals surface area (Å²) in [6.45, 7) is 7.62. The van der Waals surface area contributed by atoms with Crippen LogP contribution in [0, 0.1) is 0 Å². The SMILES string of the molecule is CCCNC(c1c(Cl)cnn1C)C(C)(C)c1ccccc1. The van der Waals surface area contributed by atoms with E-state index in [2.05, 4.69) is 55.5 Å². The van der Waals surface area contributed by atoms with Crippen molar-refractivity contribution in [1.82, 2.24) is 15.1 Å². The van der Waals surface area contributed by atoms with Crippen molar-refractivity contribution in [2.45, 2.75) is 38.6 Å². The number of aryl methyl sites for hydroxylation is 1. The van der Waals surface area contributed by atoms with Crippen molar-refractivity contribution in [1.29, 1.82) is 0 Å². The highest BCUT2D eigenvalue weighted by Crippen LogP contribution is 2.39. The largest absolute Gasteiger partial charge is 0.308 e. The number of benzene rings is 1. The highest BCUT2D eigenvalue weighted by Gasteiger charge is 2.35. The molecule has 21 heavy (non-hydrogen) atoms. The van der Waals surface area contributed by atoms with Gasteiger partial charge in [-0.1, -0.05) is 62.7 Å². The molecule has 1 atom stereocenters. The van der Waals surface area contributed by atoms with Crippen molar-refractivity contribution in [3.63, 3.8) is 0 Å². The first kappa shape index (κ1) is 16.1. The number of nitrogens with one attached hydrogen (secondary N) is 1. The molecule has 0 fully saturated rings. The fraction of sp³-hybridized carbons (Fsp3) is 0.471. The molecule has 0 aliphatic carbocycles. The van der Waals surface area contributed by atoms with E-state index in [1.54, 1.807) is 6.20 Å². The second kappa shape index (κ2) is 6.63. The van der Waals surface area contributed by atoms with Crippen LogP contribution in [0.15, 0.2) is 36.5 Å². The minimum atomic E-state index is -0.0894. The summed E-state index contributed by atoms with van der Waals surface area (Å²) in [5.41, 5.74) is 2.24. The lowest BCUT2D eigenvalue weighted by atomic mass is 9.76. The monoisotopic (exact) mass is 305 g/mol. The first-order chi connectivity index (χ1) is 9.98. The van der Waals surface area contributed by atoms with Crippen molar-refractivity contribution in [2.24, 2.45) is 7.05 Å². The number of aromatic nitrogens is 2. The van der Waals surface area contributed by atoms with E-state index in [9.17, 15) is 0 Å². The molecule has 1 heterocycles. The quantitative estimate of drug-likeness (QED) is 0.871. The van der Waals surface area contributed by atoms with E-state index in [-0.39, 0.29) is 11.5 Å². The Hall–Kier alpha value is -1.32. The molecule has 0 amide bonds. The first-order valence-corrected chi connectivity index (χ1v) is 7.82. The highest BCUT2D eigenvalue weighted by molar-refractivity contribution is 6.31. The van der Waals surface area contributed by atoms with Gasteiger partial charge < -0.3 is 5.32 Å². The van der Waals surface area contributed by atoms with E-state index in [1.807, 2.05) is 17.8 Å². The standard InChI is InChI=1S/C17H24ClN3/c1-5-11-19-16(15-14(18)12-20-21(15)4)17(2,3)13-9-7-6-8-10-13/h6-10,12,16,19H,5,11H2,1-4H3. The Bertz CT molecular complexity index is 555. The molecule has 0 bridgehead atoms. The maximum absolute atomic E-state index is 6.39. The number of hydrogen-bond acceptors (Lipinski definition) is 2. The predicted octanol–water partition coefficient (Wildman–Crippen LogP) is 4.09. The van der Waals surface area contributed by atoms with Crippen LogP contribution < -0.4 is 5.32 Å². The van der Waals surface area contributed by atoms with Crippen molar-refractivity contribution in [3.8, 4) is 0 Å². The van der Waals surface area contributed by atoms with Crippen LogP contribution in [0.4, 0.5) is 0 Å². The van der Waals surface area contributed by atoms with Gasteiger partial charge in [0.2, 0.25) is 0 Å². The van der Waals surface area contributed by atoms with Gasteiger partial charge in [-0.05, 0) is 18.5 Å². The Morgan fingerprint density at radius 2 is 1.95 bits per heavy atom. The van der Waals surface area contributed by atoms with E-state index in [4.69, 9.17) is 11.6 Å². The fourth-order valence-electron chi connectivity index (χ4n) is 2.76. The smallest absolute Gasteiger partial charge is 0.0834 e. The minimum Gasteiger partial charge on any atom is -0.308 e. The van der Waals surface area contributed by atoms with Crippen LogP contribution in [0.3, 0.4) is 0 Å². The normalized spacial score (nSPS) is 13.4. The van der Waals surface area contributed by atoms with Crippen molar-refractivity contribution in [3.05, 3.63) is 52.8 Å². The van der Waals surface area contributed by atoms with Gasteiger partial charge >= 0.3 is 0 Å². The highest BCUT2D eigenvalue weighted by atomic mass is 35.5. The van der Waals surface area contributed by atoms with Crippen molar-refractivity contribution >= 4 is 11.6 Å².